The van der Waals surface area contributed by atoms with E-state index in [4.69, 9.17) is 29.9 Å². The monoisotopic (exact) mass is 949 g/mol. The van der Waals surface area contributed by atoms with Crippen molar-refractivity contribution in [1.82, 2.24) is 35.0 Å². The number of aromatic nitrogens is 3. The molecule has 0 spiro atoms. The van der Waals surface area contributed by atoms with E-state index in [9.17, 15) is 19.2 Å². The Morgan fingerprint density at radius 2 is 1.60 bits per heavy atom. The van der Waals surface area contributed by atoms with E-state index in [-0.39, 0.29) is 36.2 Å². The number of amidine groups is 1. The molecule has 9 rings (SSSR count). The fraction of sp³-hybridized carbons (Fsp3) is 0.480. The minimum absolute atomic E-state index is 0.167. The number of thiophene rings is 1. The number of aliphatic imine (C=N–C) groups is 1. The van der Waals surface area contributed by atoms with E-state index in [1.54, 1.807) is 27.3 Å². The Morgan fingerprint density at radius 1 is 0.912 bits per heavy atom. The van der Waals surface area contributed by atoms with Crippen LogP contribution in [-0.2, 0) is 38.4 Å². The normalized spacial score (nSPS) is 19.9. The molecule has 1 aliphatic carbocycles. The number of amides is 4. The molecule has 18 heteroatoms. The quantitative estimate of drug-likeness (QED) is 0.0707. The molecule has 5 aromatic rings. The average molecular weight is 950 g/mol. The largest absolute Gasteiger partial charge is 0.464 e. The highest BCUT2D eigenvalue weighted by Gasteiger charge is 2.40. The minimum Gasteiger partial charge on any atom is -0.464 e. The van der Waals surface area contributed by atoms with E-state index in [0.29, 0.717) is 65.9 Å². The van der Waals surface area contributed by atoms with Gasteiger partial charge in [-0.1, -0.05) is 33.8 Å². The van der Waals surface area contributed by atoms with Gasteiger partial charge in [-0.25, -0.2) is 19.0 Å². The summed E-state index contributed by atoms with van der Waals surface area (Å²) < 4.78 is 35.5. The molecule has 2 fully saturated rings. The number of likely N-dealkylation sites (tertiary alicyclic amines) is 2. The van der Waals surface area contributed by atoms with Crippen molar-refractivity contribution < 1.29 is 37.8 Å². The summed E-state index contributed by atoms with van der Waals surface area (Å²) in [4.78, 5) is 70.5. The Kier molecular flexibility index (Phi) is 13.2. The van der Waals surface area contributed by atoms with E-state index in [1.165, 1.54) is 30.7 Å². The first-order chi connectivity index (χ1) is 32.7. The van der Waals surface area contributed by atoms with Crippen molar-refractivity contribution in [2.24, 2.45) is 22.6 Å². The number of methoxy groups -OCH3 is 2. The lowest BCUT2D eigenvalue weighted by molar-refractivity contribution is -0.135. The number of aryl methyl sites for hydroxylation is 2. The zero-order chi connectivity index (χ0) is 48.0. The van der Waals surface area contributed by atoms with Crippen LogP contribution in [0.1, 0.15) is 105 Å². The Balaban J connectivity index is 1.02. The number of nitrogens with two attached hydrogens (primary N) is 1. The van der Waals surface area contributed by atoms with E-state index in [0.717, 1.165) is 59.9 Å². The number of nitrogens with zero attached hydrogens (tertiary/aromatic N) is 5. The van der Waals surface area contributed by atoms with Gasteiger partial charge in [0, 0.05) is 28.9 Å². The van der Waals surface area contributed by atoms with E-state index >= 15 is 4.39 Å². The smallest absolute Gasteiger partial charge is 0.407 e. The van der Waals surface area contributed by atoms with Gasteiger partial charge in [0.15, 0.2) is 0 Å². The zero-order valence-electron chi connectivity index (χ0n) is 39.4. The summed E-state index contributed by atoms with van der Waals surface area (Å²) >= 11 is 1.76. The van der Waals surface area contributed by atoms with Gasteiger partial charge >= 0.3 is 12.2 Å². The highest BCUT2D eigenvalue weighted by molar-refractivity contribution is 7.12. The molecule has 2 aromatic carbocycles. The molecule has 4 amide bonds. The van der Waals surface area contributed by atoms with Crippen LogP contribution in [0.3, 0.4) is 0 Å². The Hall–Kier alpha value is -6.43. The summed E-state index contributed by atoms with van der Waals surface area (Å²) in [6.07, 6.45) is 6.96. The number of hydrogen-bond donors (Lipinski definition) is 4. The fourth-order valence-corrected chi connectivity index (χ4v) is 11.5. The highest BCUT2D eigenvalue weighted by atomic mass is 32.1. The predicted octanol–water partition coefficient (Wildman–Crippen LogP) is 7.99. The van der Waals surface area contributed by atoms with Crippen molar-refractivity contribution in [3.63, 3.8) is 0 Å². The molecule has 3 aliphatic heterocycles. The van der Waals surface area contributed by atoms with Crippen LogP contribution in [0.2, 0.25) is 0 Å². The second kappa shape index (κ2) is 19.3. The molecule has 360 valence electrons. The Bertz CT molecular complexity index is 2760. The number of H-pyrrole nitrogens is 1. The van der Waals surface area contributed by atoms with Gasteiger partial charge in [-0.2, -0.15) is 0 Å². The van der Waals surface area contributed by atoms with Crippen molar-refractivity contribution in [2.75, 3.05) is 27.3 Å². The van der Waals surface area contributed by atoms with E-state index < -0.39 is 42.4 Å². The molecule has 4 aliphatic rings. The number of alkyl carbamates (subject to hydrolysis) is 2. The second-order valence-electron chi connectivity index (χ2n) is 18.9. The number of fused-ring (bicyclic) bond motifs is 6. The summed E-state index contributed by atoms with van der Waals surface area (Å²) in [7, 11) is 2.54. The summed E-state index contributed by atoms with van der Waals surface area (Å²) in [6, 6.07) is 11.4. The number of hydrogen-bond acceptors (Lipinski definition) is 10. The number of carbonyl (C=O) groups excluding carboxylic acids is 4. The first-order valence-electron chi connectivity index (χ1n) is 23.7. The van der Waals surface area contributed by atoms with Gasteiger partial charge in [-0.15, -0.1) is 11.3 Å². The molecular weight excluding hydrogens is 890 g/mol. The molecule has 0 bridgehead atoms. The number of rotatable bonds is 12. The minimum atomic E-state index is -0.768. The third-order valence-electron chi connectivity index (χ3n) is 13.8. The summed E-state index contributed by atoms with van der Waals surface area (Å²) in [5.41, 5.74) is 11.9. The topological polar surface area (TPSA) is 198 Å². The molecule has 16 nitrogen and oxygen atoms in total. The lowest BCUT2D eigenvalue weighted by Gasteiger charge is -2.30. The number of halogens is 1. The van der Waals surface area contributed by atoms with E-state index in [1.807, 2.05) is 58.0 Å². The lowest BCUT2D eigenvalue weighted by atomic mass is 9.99. The van der Waals surface area contributed by atoms with Crippen LogP contribution < -0.4 is 21.1 Å². The van der Waals surface area contributed by atoms with Gasteiger partial charge in [0.1, 0.15) is 35.3 Å². The van der Waals surface area contributed by atoms with E-state index in [2.05, 4.69) is 26.3 Å². The maximum atomic E-state index is 16.9. The Labute approximate surface area is 398 Å². The molecule has 5 N–H and O–H groups in total. The maximum absolute atomic E-state index is 16.9. The molecule has 2 saturated heterocycles. The van der Waals surface area contributed by atoms with Gasteiger partial charge in [0.25, 0.3) is 0 Å². The van der Waals surface area contributed by atoms with Crippen molar-refractivity contribution >= 4 is 52.1 Å². The van der Waals surface area contributed by atoms with Gasteiger partial charge in [-0.3, -0.25) is 19.1 Å². The number of ether oxygens (including phenoxy) is 3. The van der Waals surface area contributed by atoms with Crippen molar-refractivity contribution in [3.05, 3.63) is 81.2 Å². The van der Waals surface area contributed by atoms with Gasteiger partial charge in [-0.05, 0) is 111 Å². The van der Waals surface area contributed by atoms with Crippen LogP contribution in [0.5, 0.6) is 5.75 Å². The number of aromatic amines is 1. The second-order valence-corrected chi connectivity index (χ2v) is 20.1. The lowest BCUT2D eigenvalue weighted by Crippen LogP contribution is -2.54. The SMILES string of the molecule is COC(=O)N[C@H](C(=O)N1CCC[C@@H]1c1ncc(-c2cc(F)c3c(c2)O[C@@H](c2cc4c(s2)CCCC4)n2c-3cc3cc(CN=C(N)[C@@H]4CCCN4C(=O)[C@@H](NC(=O)OC)C(C)C)ccc32)[nH]1)C(C)C. The standard InChI is InChI=1S/C50H60FN9O7S/c1-26(2)42(56-49(63)65-5)46(61)58-17-9-12-35(58)44(52)53-24-28-15-16-34-31(19-28)21-37-41-32(51)20-30(22-38(41)67-48(60(34)37)40-23-29-11-7-8-14-39(29)68-40)33-25-54-45(55-33)36-13-10-18-59(36)47(62)43(27(3)4)57-50(64)66-6/h15-16,19-23,25-27,35-36,42-43,48H,7-14,17-18,24H2,1-6H3,(H2,52,53)(H,54,55)(H,56,63)(H,57,64)/t35-,36+,42-,43-,48-/m0/s1. The van der Waals surface area contributed by atoms with Crippen LogP contribution in [0.15, 0.2) is 53.7 Å². The fourth-order valence-electron chi connectivity index (χ4n) is 10.3. The number of nitrogens with one attached hydrogen (secondary N) is 3. The number of imidazole rings is 1. The van der Waals surface area contributed by atoms with Crippen molar-refractivity contribution in [1.29, 1.82) is 0 Å². The molecule has 0 radical (unpaired) electrons. The highest BCUT2D eigenvalue weighted by Crippen LogP contribution is 2.49. The van der Waals surface area contributed by atoms with Crippen LogP contribution in [-0.4, -0.2) is 99.6 Å². The van der Waals surface area contributed by atoms with Crippen LogP contribution in [0.25, 0.3) is 33.4 Å². The van der Waals surface area contributed by atoms with Crippen molar-refractivity contribution in [3.8, 4) is 28.3 Å². The summed E-state index contributed by atoms with van der Waals surface area (Å²) in [5, 5.41) is 6.25. The first-order valence-corrected chi connectivity index (χ1v) is 24.5. The number of benzene rings is 2. The average Bonchev–Trinajstić information content (AvgIpc) is 4.19. The molecule has 6 heterocycles. The third kappa shape index (κ3) is 8.90. The van der Waals surface area contributed by atoms with Gasteiger partial charge < -0.3 is 45.4 Å². The first kappa shape index (κ1) is 46.7. The predicted molar refractivity (Wildman–Crippen MR) is 257 cm³/mol. The van der Waals surface area contributed by atoms with Crippen LogP contribution >= 0.6 is 11.3 Å². The Morgan fingerprint density at radius 3 is 2.31 bits per heavy atom. The number of carbonyl (C=O) groups is 4. The third-order valence-corrected chi connectivity index (χ3v) is 15.1. The van der Waals surface area contributed by atoms with Gasteiger partial charge in [0.05, 0.1) is 66.4 Å². The van der Waals surface area contributed by atoms with Gasteiger partial charge in [0.2, 0.25) is 18.0 Å². The summed E-state index contributed by atoms with van der Waals surface area (Å²) in [6.45, 7) is 8.77. The van der Waals surface area contributed by atoms with Crippen LogP contribution in [0.4, 0.5) is 14.0 Å². The molecule has 5 atom stereocenters. The molecule has 3 aromatic heterocycles. The zero-order valence-corrected chi connectivity index (χ0v) is 40.2. The molecule has 68 heavy (non-hydrogen) atoms. The van der Waals surface area contributed by atoms with Crippen LogP contribution in [0, 0.1) is 17.7 Å². The molecular formula is C50H60FN9O7S. The molecule has 0 saturated carbocycles. The maximum Gasteiger partial charge on any atom is 0.407 e. The van der Waals surface area contributed by atoms with Crippen molar-refractivity contribution in [2.45, 2.75) is 116 Å². The summed E-state index contributed by atoms with van der Waals surface area (Å²) in [5.74, 6) is 0.105. The molecule has 0 unspecified atom stereocenters.